The smallest absolute Gasteiger partial charge is 0.261 e. The van der Waals surface area contributed by atoms with E-state index in [9.17, 15) is 4.79 Å². The van der Waals surface area contributed by atoms with Crippen molar-refractivity contribution in [2.24, 2.45) is 0 Å². The molecule has 0 saturated heterocycles. The Bertz CT molecular complexity index is 396. The number of thiophene rings is 1. The maximum atomic E-state index is 11.9. The number of amides is 1. The van der Waals surface area contributed by atoms with Gasteiger partial charge in [0, 0.05) is 4.88 Å². The van der Waals surface area contributed by atoms with Gasteiger partial charge < -0.3 is 15.5 Å². The molecule has 0 saturated carbocycles. The van der Waals surface area contributed by atoms with Crippen molar-refractivity contribution < 1.29 is 15.0 Å². The Morgan fingerprint density at radius 1 is 1.47 bits per heavy atom. The number of nitrogens with one attached hydrogen (secondary N) is 1. The van der Waals surface area contributed by atoms with Gasteiger partial charge in [0.25, 0.3) is 5.91 Å². The minimum Gasteiger partial charge on any atom is -0.394 e. The van der Waals surface area contributed by atoms with Crippen LogP contribution in [0.4, 0.5) is 0 Å². The zero-order valence-corrected chi connectivity index (χ0v) is 11.2. The fourth-order valence-electron chi connectivity index (χ4n) is 1.45. The highest BCUT2D eigenvalue weighted by Gasteiger charge is 2.26. The third-order valence-electron chi connectivity index (χ3n) is 2.68. The van der Waals surface area contributed by atoms with Crippen molar-refractivity contribution in [2.75, 3.05) is 13.2 Å². The second kappa shape index (κ2) is 5.62. The average molecular weight is 257 g/mol. The highest BCUT2D eigenvalue weighted by atomic mass is 32.1. The van der Waals surface area contributed by atoms with E-state index in [1.165, 1.54) is 16.2 Å². The Kier molecular flexibility index (Phi) is 4.68. The lowest BCUT2D eigenvalue weighted by molar-refractivity contribution is 0.0727. The Morgan fingerprint density at radius 3 is 2.47 bits per heavy atom. The molecule has 0 atom stereocenters. The van der Waals surface area contributed by atoms with Crippen LogP contribution < -0.4 is 5.32 Å². The van der Waals surface area contributed by atoms with E-state index >= 15 is 0 Å². The quantitative estimate of drug-likeness (QED) is 0.739. The van der Waals surface area contributed by atoms with E-state index < -0.39 is 5.54 Å². The van der Waals surface area contributed by atoms with E-state index in [-0.39, 0.29) is 19.1 Å². The number of carbonyl (C=O) groups is 1. The van der Waals surface area contributed by atoms with Crippen LogP contribution in [0.1, 0.15) is 34.0 Å². The largest absolute Gasteiger partial charge is 0.394 e. The SMILES string of the molecule is CCc1sc(C(=O)NC(C)(CO)CO)cc1C. The zero-order valence-electron chi connectivity index (χ0n) is 10.4. The van der Waals surface area contributed by atoms with E-state index in [2.05, 4.69) is 5.32 Å². The monoisotopic (exact) mass is 257 g/mol. The summed E-state index contributed by atoms with van der Waals surface area (Å²) in [5.41, 5.74) is 0.138. The molecule has 96 valence electrons. The van der Waals surface area contributed by atoms with Crippen molar-refractivity contribution in [3.63, 3.8) is 0 Å². The molecule has 1 amide bonds. The molecule has 17 heavy (non-hydrogen) atoms. The minimum atomic E-state index is -0.971. The maximum Gasteiger partial charge on any atom is 0.261 e. The number of hydrogen-bond acceptors (Lipinski definition) is 4. The molecule has 0 radical (unpaired) electrons. The first-order chi connectivity index (χ1) is 7.95. The number of carbonyl (C=O) groups excluding carboxylic acids is 1. The number of rotatable bonds is 5. The van der Waals surface area contributed by atoms with Crippen LogP contribution >= 0.6 is 11.3 Å². The van der Waals surface area contributed by atoms with Gasteiger partial charge in [-0.2, -0.15) is 0 Å². The molecule has 5 heteroatoms. The molecule has 0 fully saturated rings. The third kappa shape index (κ3) is 3.28. The number of hydrogen-bond donors (Lipinski definition) is 3. The second-order valence-electron chi connectivity index (χ2n) is 4.40. The van der Waals surface area contributed by atoms with E-state index in [4.69, 9.17) is 10.2 Å². The summed E-state index contributed by atoms with van der Waals surface area (Å²) in [5, 5.41) is 20.9. The second-order valence-corrected chi connectivity index (χ2v) is 5.54. The third-order valence-corrected chi connectivity index (χ3v) is 4.06. The molecule has 0 aromatic carbocycles. The van der Waals surface area contributed by atoms with Crippen molar-refractivity contribution in [3.8, 4) is 0 Å². The van der Waals surface area contributed by atoms with Crippen LogP contribution in [-0.4, -0.2) is 34.9 Å². The van der Waals surface area contributed by atoms with E-state index in [1.807, 2.05) is 19.9 Å². The summed E-state index contributed by atoms with van der Waals surface area (Å²) in [4.78, 5) is 13.7. The van der Waals surface area contributed by atoms with Gasteiger partial charge in [-0.1, -0.05) is 6.92 Å². The fourth-order valence-corrected chi connectivity index (χ4v) is 2.46. The van der Waals surface area contributed by atoms with Gasteiger partial charge in [0.1, 0.15) is 0 Å². The van der Waals surface area contributed by atoms with Crippen molar-refractivity contribution >= 4 is 17.2 Å². The van der Waals surface area contributed by atoms with Crippen molar-refractivity contribution in [1.29, 1.82) is 0 Å². The Labute approximate surface area is 105 Å². The van der Waals surface area contributed by atoms with E-state index in [0.717, 1.165) is 12.0 Å². The highest BCUT2D eigenvalue weighted by Crippen LogP contribution is 2.22. The van der Waals surface area contributed by atoms with E-state index in [0.29, 0.717) is 4.88 Å². The molecule has 0 aliphatic carbocycles. The minimum absolute atomic E-state index is 0.247. The fraction of sp³-hybridized carbons (Fsp3) is 0.583. The summed E-state index contributed by atoms with van der Waals surface area (Å²) in [5.74, 6) is -0.247. The first-order valence-electron chi connectivity index (χ1n) is 5.59. The van der Waals surface area contributed by atoms with Crippen LogP contribution in [0.2, 0.25) is 0 Å². The molecule has 1 aromatic heterocycles. The zero-order chi connectivity index (χ0) is 13.1. The summed E-state index contributed by atoms with van der Waals surface area (Å²) in [7, 11) is 0. The summed E-state index contributed by atoms with van der Waals surface area (Å²) in [6.07, 6.45) is 0.904. The molecule has 4 nitrogen and oxygen atoms in total. The molecular formula is C12H19NO3S. The number of aliphatic hydroxyl groups is 2. The van der Waals surface area contributed by atoms with Gasteiger partial charge in [-0.05, 0) is 31.9 Å². The normalized spacial score (nSPS) is 11.6. The molecule has 0 aliphatic rings. The number of aliphatic hydroxyl groups excluding tert-OH is 2. The lowest BCUT2D eigenvalue weighted by atomic mass is 10.1. The van der Waals surface area contributed by atoms with Crippen LogP contribution in [-0.2, 0) is 6.42 Å². The van der Waals surface area contributed by atoms with Crippen molar-refractivity contribution in [3.05, 3.63) is 21.4 Å². The van der Waals surface area contributed by atoms with Crippen molar-refractivity contribution in [1.82, 2.24) is 5.32 Å². The van der Waals surface area contributed by atoms with Gasteiger partial charge in [-0.25, -0.2) is 0 Å². The lowest BCUT2D eigenvalue weighted by Gasteiger charge is -2.25. The molecule has 0 aliphatic heterocycles. The molecule has 1 aromatic rings. The Hall–Kier alpha value is -0.910. The molecule has 0 unspecified atom stereocenters. The molecular weight excluding hydrogens is 238 g/mol. The summed E-state index contributed by atoms with van der Waals surface area (Å²) in [6, 6.07) is 1.84. The van der Waals surface area contributed by atoms with Gasteiger partial charge in [-0.3, -0.25) is 4.79 Å². The van der Waals surface area contributed by atoms with Crippen LogP contribution in [0.25, 0.3) is 0 Å². The average Bonchev–Trinajstić information content (AvgIpc) is 2.70. The lowest BCUT2D eigenvalue weighted by Crippen LogP contribution is -2.51. The molecule has 1 heterocycles. The van der Waals surface area contributed by atoms with Crippen LogP contribution in [0.3, 0.4) is 0 Å². The van der Waals surface area contributed by atoms with Crippen molar-refractivity contribution in [2.45, 2.75) is 32.7 Å². The summed E-state index contributed by atoms with van der Waals surface area (Å²) in [6.45, 7) is 5.04. The Balaban J connectivity index is 2.83. The standard InChI is InChI=1S/C12H19NO3S/c1-4-9-8(2)5-10(17-9)11(16)13-12(3,6-14)7-15/h5,14-15H,4,6-7H2,1-3H3,(H,13,16). The molecule has 0 spiro atoms. The first kappa shape index (κ1) is 14.2. The predicted molar refractivity (Wildman–Crippen MR) is 68.5 cm³/mol. The first-order valence-corrected chi connectivity index (χ1v) is 6.41. The van der Waals surface area contributed by atoms with Crippen LogP contribution in [0.15, 0.2) is 6.07 Å². The van der Waals surface area contributed by atoms with Gasteiger partial charge in [0.05, 0.1) is 23.6 Å². The molecule has 3 N–H and O–H groups in total. The van der Waals surface area contributed by atoms with Crippen LogP contribution in [0.5, 0.6) is 0 Å². The maximum absolute atomic E-state index is 11.9. The van der Waals surface area contributed by atoms with Gasteiger partial charge in [-0.15, -0.1) is 11.3 Å². The van der Waals surface area contributed by atoms with Gasteiger partial charge >= 0.3 is 0 Å². The Morgan fingerprint density at radius 2 is 2.06 bits per heavy atom. The van der Waals surface area contributed by atoms with Gasteiger partial charge in [0.2, 0.25) is 0 Å². The summed E-state index contributed by atoms with van der Waals surface area (Å²) >= 11 is 1.45. The highest BCUT2D eigenvalue weighted by molar-refractivity contribution is 7.14. The summed E-state index contributed by atoms with van der Waals surface area (Å²) < 4.78 is 0. The molecule has 1 rings (SSSR count). The van der Waals surface area contributed by atoms with Gasteiger partial charge in [0.15, 0.2) is 0 Å². The molecule has 0 bridgehead atoms. The number of aryl methyl sites for hydroxylation is 2. The topological polar surface area (TPSA) is 69.6 Å². The van der Waals surface area contributed by atoms with E-state index in [1.54, 1.807) is 6.92 Å². The predicted octanol–water partition coefficient (Wildman–Crippen LogP) is 1.09. The van der Waals surface area contributed by atoms with Crippen LogP contribution in [0, 0.1) is 6.92 Å².